The van der Waals surface area contributed by atoms with Gasteiger partial charge < -0.3 is 15.4 Å². The van der Waals surface area contributed by atoms with E-state index in [9.17, 15) is 0 Å². The molecule has 1 aliphatic heterocycles. The lowest BCUT2D eigenvalue weighted by Gasteiger charge is -2.16. The summed E-state index contributed by atoms with van der Waals surface area (Å²) in [4.78, 5) is 6.85. The van der Waals surface area contributed by atoms with Gasteiger partial charge in [-0.1, -0.05) is 55.1 Å². The fourth-order valence-corrected chi connectivity index (χ4v) is 3.49. The number of nitrogens with one attached hydrogen (secondary N) is 2. The van der Waals surface area contributed by atoms with Crippen LogP contribution in [0, 0.1) is 0 Å². The molecule has 1 fully saturated rings. The molecule has 3 rings (SSSR count). The van der Waals surface area contributed by atoms with Crippen LogP contribution in [-0.4, -0.2) is 37.6 Å². The van der Waals surface area contributed by atoms with Crippen LogP contribution < -0.4 is 15.4 Å². The third-order valence-corrected chi connectivity index (χ3v) is 5.09. The van der Waals surface area contributed by atoms with E-state index in [1.807, 2.05) is 18.2 Å². The summed E-state index contributed by atoms with van der Waals surface area (Å²) in [6.07, 6.45) is 4.42. The Hall–Kier alpha value is -2.06. The standard InChI is InChI=1S/C24H32N4O.HI/c1-3-16-29-23-9-5-4-8-22(23)18-27-24(25-2)26-17-20-10-12-21(13-11-20)19-28-14-6-7-15-28;/h3-5,8-13H,1,6-7,14-19H2,2H3,(H2,25,26,27);1H. The predicted molar refractivity (Wildman–Crippen MR) is 136 cm³/mol. The molecule has 1 saturated heterocycles. The number of aliphatic imine (C=N–C) groups is 1. The zero-order valence-electron chi connectivity index (χ0n) is 17.8. The molecule has 6 heteroatoms. The van der Waals surface area contributed by atoms with Gasteiger partial charge in [-0.15, -0.1) is 24.0 Å². The Labute approximate surface area is 197 Å². The van der Waals surface area contributed by atoms with Gasteiger partial charge in [0.25, 0.3) is 0 Å². The number of nitrogens with zero attached hydrogens (tertiary/aromatic N) is 2. The Bertz CT molecular complexity index is 801. The number of ether oxygens (including phenoxy) is 1. The van der Waals surface area contributed by atoms with E-state index in [4.69, 9.17) is 4.74 Å². The summed E-state index contributed by atoms with van der Waals surface area (Å²) in [5, 5.41) is 6.74. The fraction of sp³-hybridized carbons (Fsp3) is 0.375. The zero-order chi connectivity index (χ0) is 20.3. The van der Waals surface area contributed by atoms with Crippen molar-refractivity contribution in [3.8, 4) is 5.75 Å². The molecule has 5 nitrogen and oxygen atoms in total. The van der Waals surface area contributed by atoms with E-state index >= 15 is 0 Å². The molecule has 2 aromatic carbocycles. The number of halogens is 1. The molecule has 0 atom stereocenters. The van der Waals surface area contributed by atoms with Gasteiger partial charge in [0, 0.05) is 32.2 Å². The van der Waals surface area contributed by atoms with Crippen molar-refractivity contribution in [3.63, 3.8) is 0 Å². The molecule has 0 spiro atoms. The third kappa shape index (κ3) is 7.65. The Morgan fingerprint density at radius 2 is 1.70 bits per heavy atom. The van der Waals surface area contributed by atoms with Crippen molar-refractivity contribution in [2.45, 2.75) is 32.5 Å². The molecule has 1 aliphatic rings. The summed E-state index contributed by atoms with van der Waals surface area (Å²) in [5.41, 5.74) is 3.71. The monoisotopic (exact) mass is 520 g/mol. The molecular formula is C24H33IN4O. The van der Waals surface area contributed by atoms with Crippen LogP contribution in [0.1, 0.15) is 29.5 Å². The lowest BCUT2D eigenvalue weighted by atomic mass is 10.1. The summed E-state index contributed by atoms with van der Waals surface area (Å²) in [7, 11) is 1.79. The molecule has 1 heterocycles. The van der Waals surface area contributed by atoms with Crippen molar-refractivity contribution >= 4 is 29.9 Å². The van der Waals surface area contributed by atoms with E-state index in [1.165, 1.54) is 37.1 Å². The van der Waals surface area contributed by atoms with Gasteiger partial charge in [-0.25, -0.2) is 0 Å². The van der Waals surface area contributed by atoms with Crippen LogP contribution in [-0.2, 0) is 19.6 Å². The van der Waals surface area contributed by atoms with Crippen LogP contribution in [0.15, 0.2) is 66.2 Å². The van der Waals surface area contributed by atoms with Gasteiger partial charge in [0.05, 0.1) is 0 Å². The lowest BCUT2D eigenvalue weighted by Crippen LogP contribution is -2.36. The minimum absolute atomic E-state index is 0. The average Bonchev–Trinajstić information content (AvgIpc) is 3.27. The highest BCUT2D eigenvalue weighted by Crippen LogP contribution is 2.17. The molecule has 0 bridgehead atoms. The molecule has 0 aliphatic carbocycles. The maximum atomic E-state index is 5.72. The first-order valence-corrected chi connectivity index (χ1v) is 10.3. The van der Waals surface area contributed by atoms with Crippen molar-refractivity contribution in [2.75, 3.05) is 26.7 Å². The summed E-state index contributed by atoms with van der Waals surface area (Å²) in [5.74, 6) is 1.63. The van der Waals surface area contributed by atoms with Gasteiger partial charge in [-0.05, 0) is 43.1 Å². The lowest BCUT2D eigenvalue weighted by molar-refractivity contribution is 0.331. The van der Waals surface area contributed by atoms with Gasteiger partial charge in [-0.3, -0.25) is 9.89 Å². The highest BCUT2D eigenvalue weighted by Gasteiger charge is 2.11. The summed E-state index contributed by atoms with van der Waals surface area (Å²) in [6.45, 7) is 9.10. The number of rotatable bonds is 9. The van der Waals surface area contributed by atoms with Crippen molar-refractivity contribution in [3.05, 3.63) is 77.9 Å². The summed E-state index contributed by atoms with van der Waals surface area (Å²) >= 11 is 0. The van der Waals surface area contributed by atoms with Crippen molar-refractivity contribution in [2.24, 2.45) is 4.99 Å². The SMILES string of the molecule is C=CCOc1ccccc1CNC(=NC)NCc1ccc(CN2CCCC2)cc1.I. The van der Waals surface area contributed by atoms with Crippen LogP contribution in [0.5, 0.6) is 5.75 Å². The highest BCUT2D eigenvalue weighted by molar-refractivity contribution is 14.0. The van der Waals surface area contributed by atoms with Crippen LogP contribution >= 0.6 is 24.0 Å². The summed E-state index contributed by atoms with van der Waals surface area (Å²) in [6, 6.07) is 16.9. The number of benzene rings is 2. The number of hydrogen-bond acceptors (Lipinski definition) is 3. The van der Waals surface area contributed by atoms with Gasteiger partial charge in [-0.2, -0.15) is 0 Å². The van der Waals surface area contributed by atoms with Gasteiger partial charge in [0.15, 0.2) is 5.96 Å². The Morgan fingerprint density at radius 1 is 1.03 bits per heavy atom. The maximum Gasteiger partial charge on any atom is 0.191 e. The quantitative estimate of drug-likeness (QED) is 0.224. The van der Waals surface area contributed by atoms with E-state index in [2.05, 4.69) is 57.4 Å². The van der Waals surface area contributed by atoms with Crippen LogP contribution in [0.2, 0.25) is 0 Å². The molecule has 2 N–H and O–H groups in total. The van der Waals surface area contributed by atoms with Crippen molar-refractivity contribution in [1.82, 2.24) is 15.5 Å². The number of guanidine groups is 1. The van der Waals surface area contributed by atoms with Crippen LogP contribution in [0.25, 0.3) is 0 Å². The molecule has 162 valence electrons. The fourth-order valence-electron chi connectivity index (χ4n) is 3.49. The van der Waals surface area contributed by atoms with Crippen molar-refractivity contribution < 1.29 is 4.74 Å². The van der Waals surface area contributed by atoms with Gasteiger partial charge >= 0.3 is 0 Å². The molecule has 0 aromatic heterocycles. The smallest absolute Gasteiger partial charge is 0.191 e. The third-order valence-electron chi connectivity index (χ3n) is 5.09. The molecule has 0 saturated carbocycles. The average molecular weight is 520 g/mol. The minimum atomic E-state index is 0. The number of likely N-dealkylation sites (tertiary alicyclic amines) is 1. The Morgan fingerprint density at radius 3 is 2.40 bits per heavy atom. The predicted octanol–water partition coefficient (Wildman–Crippen LogP) is 4.33. The topological polar surface area (TPSA) is 48.9 Å². The highest BCUT2D eigenvalue weighted by atomic mass is 127. The first-order chi connectivity index (χ1) is 14.3. The number of hydrogen-bond donors (Lipinski definition) is 2. The van der Waals surface area contributed by atoms with Gasteiger partial charge in [0.2, 0.25) is 0 Å². The minimum Gasteiger partial charge on any atom is -0.489 e. The van der Waals surface area contributed by atoms with E-state index in [1.54, 1.807) is 13.1 Å². The first-order valence-electron chi connectivity index (χ1n) is 10.3. The Balaban J connectivity index is 0.00000320. The molecule has 0 amide bonds. The number of para-hydroxylation sites is 1. The summed E-state index contributed by atoms with van der Waals surface area (Å²) < 4.78 is 5.72. The molecular weight excluding hydrogens is 487 g/mol. The second-order valence-corrected chi connectivity index (χ2v) is 7.29. The van der Waals surface area contributed by atoms with E-state index in [0.29, 0.717) is 13.2 Å². The van der Waals surface area contributed by atoms with E-state index in [0.717, 1.165) is 30.4 Å². The molecule has 2 aromatic rings. The Kier molecular flexibility index (Phi) is 10.7. The normalized spacial score (nSPS) is 14.1. The van der Waals surface area contributed by atoms with Crippen LogP contribution in [0.4, 0.5) is 0 Å². The van der Waals surface area contributed by atoms with E-state index < -0.39 is 0 Å². The second kappa shape index (κ2) is 13.3. The molecule has 0 radical (unpaired) electrons. The maximum absolute atomic E-state index is 5.72. The largest absolute Gasteiger partial charge is 0.489 e. The zero-order valence-corrected chi connectivity index (χ0v) is 20.1. The second-order valence-electron chi connectivity index (χ2n) is 7.29. The van der Waals surface area contributed by atoms with E-state index in [-0.39, 0.29) is 24.0 Å². The first kappa shape index (κ1) is 24.2. The van der Waals surface area contributed by atoms with Crippen molar-refractivity contribution in [1.29, 1.82) is 0 Å². The van der Waals surface area contributed by atoms with Crippen LogP contribution in [0.3, 0.4) is 0 Å². The van der Waals surface area contributed by atoms with Gasteiger partial charge in [0.1, 0.15) is 12.4 Å². The molecule has 30 heavy (non-hydrogen) atoms. The molecule has 0 unspecified atom stereocenters.